The van der Waals surface area contributed by atoms with Crippen LogP contribution in [-0.2, 0) is 4.74 Å². The van der Waals surface area contributed by atoms with Crippen LogP contribution in [0.15, 0.2) is 18.3 Å². The highest BCUT2D eigenvalue weighted by Crippen LogP contribution is 2.21. The van der Waals surface area contributed by atoms with Crippen LogP contribution in [0.25, 0.3) is 0 Å². The number of rotatable bonds is 3. The number of carbonyl (C=O) groups is 2. The molecule has 0 aliphatic carbocycles. The van der Waals surface area contributed by atoms with Gasteiger partial charge in [0.25, 0.3) is 0 Å². The number of methoxy groups -OCH3 is 1. The molecule has 23 heavy (non-hydrogen) atoms. The first-order chi connectivity index (χ1) is 11.2. The molecule has 0 saturated carbocycles. The zero-order valence-electron chi connectivity index (χ0n) is 13.4. The van der Waals surface area contributed by atoms with Crippen molar-refractivity contribution < 1.29 is 19.1 Å². The minimum absolute atomic E-state index is 0.231. The predicted molar refractivity (Wildman–Crippen MR) is 84.6 cm³/mol. The van der Waals surface area contributed by atoms with Gasteiger partial charge in [-0.05, 0) is 25.5 Å². The average molecular weight is 322 g/mol. The largest absolute Gasteiger partial charge is 0.476 e. The van der Waals surface area contributed by atoms with Gasteiger partial charge in [0.1, 0.15) is 5.69 Å². The van der Waals surface area contributed by atoms with Gasteiger partial charge in [0, 0.05) is 32.4 Å². The number of nitrogens with zero attached hydrogens (tertiary/aromatic N) is 3. The first-order valence-electron chi connectivity index (χ1n) is 7.62. The lowest BCUT2D eigenvalue weighted by atomic mass is 10.4. The second-order valence-corrected chi connectivity index (χ2v) is 5.02. The maximum absolute atomic E-state index is 12.4. The van der Waals surface area contributed by atoms with E-state index in [1.165, 1.54) is 7.11 Å². The highest BCUT2D eigenvalue weighted by molar-refractivity contribution is 5.90. The molecule has 1 aromatic heterocycles. The molecule has 0 unspecified atom stereocenters. The van der Waals surface area contributed by atoms with Gasteiger partial charge in [0.15, 0.2) is 0 Å². The van der Waals surface area contributed by atoms with Gasteiger partial charge in [-0.2, -0.15) is 0 Å². The van der Waals surface area contributed by atoms with Crippen LogP contribution < -0.4 is 10.1 Å². The fourth-order valence-corrected chi connectivity index (χ4v) is 2.36. The molecular formula is C15H22N4O4. The monoisotopic (exact) mass is 322 g/mol. The molecule has 1 N–H and O–H groups in total. The number of hydrogen-bond donors (Lipinski definition) is 1. The Kier molecular flexibility index (Phi) is 6.02. The Morgan fingerprint density at radius 3 is 2.74 bits per heavy atom. The van der Waals surface area contributed by atoms with Gasteiger partial charge in [0.05, 0.1) is 13.7 Å². The molecule has 1 fully saturated rings. The summed E-state index contributed by atoms with van der Waals surface area (Å²) in [5.74, 6) is 0.398. The maximum Gasteiger partial charge on any atom is 0.409 e. The average Bonchev–Trinajstić information content (AvgIpc) is 2.82. The van der Waals surface area contributed by atoms with Crippen molar-refractivity contribution in [2.45, 2.75) is 13.3 Å². The number of anilines is 1. The smallest absolute Gasteiger partial charge is 0.409 e. The van der Waals surface area contributed by atoms with E-state index >= 15 is 0 Å². The lowest BCUT2D eigenvalue weighted by Crippen LogP contribution is -2.39. The van der Waals surface area contributed by atoms with Crippen molar-refractivity contribution in [3.63, 3.8) is 0 Å². The highest BCUT2D eigenvalue weighted by atomic mass is 16.5. The molecule has 1 aromatic rings. The molecule has 2 rings (SSSR count). The maximum atomic E-state index is 12.4. The van der Waals surface area contributed by atoms with E-state index in [0.717, 1.165) is 0 Å². The zero-order valence-corrected chi connectivity index (χ0v) is 13.4. The number of urea groups is 1. The number of carbonyl (C=O) groups excluding carboxylic acids is 2. The van der Waals surface area contributed by atoms with Crippen molar-refractivity contribution in [1.82, 2.24) is 14.8 Å². The van der Waals surface area contributed by atoms with E-state index in [1.54, 1.807) is 28.1 Å². The number of pyridine rings is 1. The lowest BCUT2D eigenvalue weighted by molar-refractivity contribution is 0.125. The summed E-state index contributed by atoms with van der Waals surface area (Å²) in [7, 11) is 1.36. The Morgan fingerprint density at radius 1 is 1.26 bits per heavy atom. The van der Waals surface area contributed by atoms with Gasteiger partial charge >= 0.3 is 12.1 Å². The summed E-state index contributed by atoms with van der Waals surface area (Å²) in [6.07, 6.45) is 1.95. The van der Waals surface area contributed by atoms with Crippen LogP contribution in [0.3, 0.4) is 0 Å². The third-order valence-corrected chi connectivity index (χ3v) is 3.51. The molecule has 0 bridgehead atoms. The molecule has 126 valence electrons. The van der Waals surface area contributed by atoms with Gasteiger partial charge in [0.2, 0.25) is 5.88 Å². The third kappa shape index (κ3) is 4.48. The summed E-state index contributed by atoms with van der Waals surface area (Å²) in [5.41, 5.74) is 0.536. The lowest BCUT2D eigenvalue weighted by Gasteiger charge is -2.22. The van der Waals surface area contributed by atoms with Crippen molar-refractivity contribution in [2.75, 3.05) is 45.2 Å². The topological polar surface area (TPSA) is 84.0 Å². The number of ether oxygens (including phenoxy) is 2. The van der Waals surface area contributed by atoms with Gasteiger partial charge in [-0.25, -0.2) is 14.6 Å². The summed E-state index contributed by atoms with van der Waals surface area (Å²) in [4.78, 5) is 31.4. The van der Waals surface area contributed by atoms with Crippen LogP contribution in [-0.4, -0.2) is 66.8 Å². The predicted octanol–water partition coefficient (Wildman–Crippen LogP) is 1.79. The molecule has 1 saturated heterocycles. The molecule has 1 aliphatic heterocycles. The fraction of sp³-hybridized carbons (Fsp3) is 0.533. The highest BCUT2D eigenvalue weighted by Gasteiger charge is 2.23. The Labute approximate surface area is 135 Å². The molecule has 1 aliphatic rings. The third-order valence-electron chi connectivity index (χ3n) is 3.51. The molecular weight excluding hydrogens is 300 g/mol. The summed E-state index contributed by atoms with van der Waals surface area (Å²) in [6.45, 7) is 4.38. The Balaban J connectivity index is 1.97. The van der Waals surface area contributed by atoms with E-state index in [1.807, 2.05) is 6.92 Å². The van der Waals surface area contributed by atoms with Gasteiger partial charge in [-0.1, -0.05) is 0 Å². The standard InChI is InChI=1S/C15H22N4O4/c1-3-23-13-12(6-4-7-16-13)17-14(20)18-8-5-9-19(11-10-18)15(21)22-2/h4,6-7H,3,5,8-11H2,1-2H3,(H,17,20). The Morgan fingerprint density at radius 2 is 2.00 bits per heavy atom. The van der Waals surface area contributed by atoms with Crippen molar-refractivity contribution in [3.05, 3.63) is 18.3 Å². The van der Waals surface area contributed by atoms with E-state index in [9.17, 15) is 9.59 Å². The number of hydrogen-bond acceptors (Lipinski definition) is 5. The quantitative estimate of drug-likeness (QED) is 0.917. The summed E-state index contributed by atoms with van der Waals surface area (Å²) in [6, 6.07) is 3.25. The number of aromatic nitrogens is 1. The summed E-state index contributed by atoms with van der Waals surface area (Å²) < 4.78 is 10.1. The first-order valence-corrected chi connectivity index (χ1v) is 7.62. The van der Waals surface area contributed by atoms with Crippen molar-refractivity contribution in [2.24, 2.45) is 0 Å². The summed E-state index contributed by atoms with van der Waals surface area (Å²) in [5, 5.41) is 2.82. The van der Waals surface area contributed by atoms with Crippen LogP contribution in [0.4, 0.5) is 15.3 Å². The fourth-order valence-electron chi connectivity index (χ4n) is 2.36. The SMILES string of the molecule is CCOc1ncccc1NC(=O)N1CCCN(C(=O)OC)CC1. The second-order valence-electron chi connectivity index (χ2n) is 5.02. The Bertz CT molecular complexity index is 552. The molecule has 0 radical (unpaired) electrons. The zero-order chi connectivity index (χ0) is 16.7. The molecule has 3 amide bonds. The van der Waals surface area contributed by atoms with Gasteiger partial charge in [-0.3, -0.25) is 0 Å². The number of nitrogens with one attached hydrogen (secondary N) is 1. The second kappa shape index (κ2) is 8.21. The molecule has 0 spiro atoms. The van der Waals surface area contributed by atoms with E-state index in [0.29, 0.717) is 50.8 Å². The Hall–Kier alpha value is -2.51. The van der Waals surface area contributed by atoms with Crippen molar-refractivity contribution >= 4 is 17.8 Å². The normalized spacial score (nSPS) is 14.9. The van der Waals surface area contributed by atoms with E-state index in [4.69, 9.17) is 9.47 Å². The summed E-state index contributed by atoms with van der Waals surface area (Å²) >= 11 is 0. The van der Waals surface area contributed by atoms with Crippen molar-refractivity contribution in [1.29, 1.82) is 0 Å². The molecule has 2 heterocycles. The minimum atomic E-state index is -0.363. The van der Waals surface area contributed by atoms with Crippen LogP contribution in [0.1, 0.15) is 13.3 Å². The molecule has 8 nitrogen and oxygen atoms in total. The van der Waals surface area contributed by atoms with Crippen LogP contribution in [0.2, 0.25) is 0 Å². The van der Waals surface area contributed by atoms with Gasteiger partial charge < -0.3 is 24.6 Å². The molecule has 0 aromatic carbocycles. The van der Waals surface area contributed by atoms with Crippen LogP contribution in [0, 0.1) is 0 Å². The minimum Gasteiger partial charge on any atom is -0.476 e. The van der Waals surface area contributed by atoms with E-state index in [2.05, 4.69) is 10.3 Å². The van der Waals surface area contributed by atoms with Gasteiger partial charge in [-0.15, -0.1) is 0 Å². The van der Waals surface area contributed by atoms with Crippen LogP contribution in [0.5, 0.6) is 5.88 Å². The van der Waals surface area contributed by atoms with E-state index in [-0.39, 0.29) is 12.1 Å². The van der Waals surface area contributed by atoms with Crippen molar-refractivity contribution in [3.8, 4) is 5.88 Å². The van der Waals surface area contributed by atoms with E-state index < -0.39 is 0 Å². The number of amides is 3. The molecule has 8 heteroatoms. The molecule has 0 atom stereocenters. The first kappa shape index (κ1) is 16.9. The van der Waals surface area contributed by atoms with Crippen LogP contribution >= 0.6 is 0 Å².